The average Bonchev–Trinajstić information content (AvgIpc) is 3.50. The van der Waals surface area contributed by atoms with E-state index in [4.69, 9.17) is 27.9 Å². The molecule has 2 amide bonds. The van der Waals surface area contributed by atoms with Crippen molar-refractivity contribution in [1.29, 1.82) is 0 Å². The molecule has 1 saturated carbocycles. The number of rotatable bonds is 13. The van der Waals surface area contributed by atoms with Crippen molar-refractivity contribution in [2.75, 3.05) is 17.5 Å². The fraction of sp³-hybridized carbons (Fsp3) is 0.375. The number of nitrogens with one attached hydrogen (secondary N) is 1. The summed E-state index contributed by atoms with van der Waals surface area (Å²) in [6.07, 6.45) is 4.04. The maximum Gasteiger partial charge on any atom is 0.264 e. The SMILES string of the molecule is CCOc1ccc(N(CC(=O)N(Cc2ccc(Cl)cc2Cl)[C@H](CC)C(=O)NC2CCCC2)S(=O)(=O)c2ccc(F)cc2)cc1. The van der Waals surface area contributed by atoms with Crippen LogP contribution in [0.1, 0.15) is 51.5 Å². The molecule has 1 aliphatic rings. The van der Waals surface area contributed by atoms with Gasteiger partial charge in [0.25, 0.3) is 10.0 Å². The van der Waals surface area contributed by atoms with E-state index in [-0.39, 0.29) is 35.5 Å². The number of nitrogens with zero attached hydrogens (tertiary/aromatic N) is 2. The summed E-state index contributed by atoms with van der Waals surface area (Å²) in [4.78, 5) is 29.0. The molecule has 3 aromatic rings. The van der Waals surface area contributed by atoms with Gasteiger partial charge in [-0.25, -0.2) is 12.8 Å². The van der Waals surface area contributed by atoms with Crippen LogP contribution < -0.4 is 14.4 Å². The molecule has 1 atom stereocenters. The Morgan fingerprint density at radius 3 is 2.25 bits per heavy atom. The topological polar surface area (TPSA) is 96.0 Å². The van der Waals surface area contributed by atoms with Gasteiger partial charge in [0.15, 0.2) is 0 Å². The second kappa shape index (κ2) is 15.1. The molecule has 0 unspecified atom stereocenters. The fourth-order valence-corrected chi connectivity index (χ4v) is 7.14. The van der Waals surface area contributed by atoms with Gasteiger partial charge in [0.1, 0.15) is 24.2 Å². The largest absolute Gasteiger partial charge is 0.494 e. The zero-order valence-electron chi connectivity index (χ0n) is 24.6. The number of benzene rings is 3. The van der Waals surface area contributed by atoms with Gasteiger partial charge in [0, 0.05) is 22.6 Å². The van der Waals surface area contributed by atoms with Crippen molar-refractivity contribution in [2.45, 2.75) is 69.5 Å². The number of carbonyl (C=O) groups is 2. The first-order valence-electron chi connectivity index (χ1n) is 14.6. The van der Waals surface area contributed by atoms with Crippen LogP contribution in [0.3, 0.4) is 0 Å². The Kier molecular flexibility index (Phi) is 11.5. The van der Waals surface area contributed by atoms with Crippen molar-refractivity contribution < 1.29 is 27.1 Å². The van der Waals surface area contributed by atoms with Crippen LogP contribution in [0.4, 0.5) is 10.1 Å². The molecule has 3 aromatic carbocycles. The number of hydrogen-bond donors (Lipinski definition) is 1. The Balaban J connectivity index is 1.73. The third-order valence-corrected chi connectivity index (χ3v) is 9.93. The second-order valence-corrected chi connectivity index (χ2v) is 13.3. The van der Waals surface area contributed by atoms with Crippen LogP contribution in [0.5, 0.6) is 5.75 Å². The van der Waals surface area contributed by atoms with Crippen molar-refractivity contribution in [2.24, 2.45) is 0 Å². The summed E-state index contributed by atoms with van der Waals surface area (Å²) in [6.45, 7) is 3.35. The summed E-state index contributed by atoms with van der Waals surface area (Å²) in [6, 6.07) is 14.6. The maximum atomic E-state index is 14.2. The molecule has 236 valence electrons. The lowest BCUT2D eigenvalue weighted by Crippen LogP contribution is -2.53. The molecule has 4 rings (SSSR count). The summed E-state index contributed by atoms with van der Waals surface area (Å²) in [5.74, 6) is -1.01. The van der Waals surface area contributed by atoms with Crippen LogP contribution in [0.25, 0.3) is 0 Å². The Morgan fingerprint density at radius 2 is 1.66 bits per heavy atom. The van der Waals surface area contributed by atoms with Crippen molar-refractivity contribution in [3.63, 3.8) is 0 Å². The first kappa shape index (κ1) is 33.6. The van der Waals surface area contributed by atoms with E-state index in [9.17, 15) is 22.4 Å². The Bertz CT molecular complexity index is 1550. The van der Waals surface area contributed by atoms with E-state index in [1.807, 2.05) is 6.92 Å². The number of halogens is 3. The third-order valence-electron chi connectivity index (χ3n) is 7.56. The molecule has 8 nitrogen and oxygen atoms in total. The van der Waals surface area contributed by atoms with E-state index >= 15 is 0 Å². The maximum absolute atomic E-state index is 14.2. The molecular weight excluding hydrogens is 628 g/mol. The quantitative estimate of drug-likeness (QED) is 0.223. The predicted molar refractivity (Wildman–Crippen MR) is 170 cm³/mol. The molecule has 12 heteroatoms. The molecule has 44 heavy (non-hydrogen) atoms. The van der Waals surface area contributed by atoms with Crippen LogP contribution in [0.15, 0.2) is 71.6 Å². The van der Waals surface area contributed by atoms with E-state index in [1.165, 1.54) is 17.0 Å². The first-order chi connectivity index (χ1) is 21.0. The summed E-state index contributed by atoms with van der Waals surface area (Å²) in [5.41, 5.74) is 0.740. The van der Waals surface area contributed by atoms with Gasteiger partial charge in [0.2, 0.25) is 11.8 Å². The number of carbonyl (C=O) groups excluding carboxylic acids is 2. The van der Waals surface area contributed by atoms with Crippen molar-refractivity contribution in [3.8, 4) is 5.75 Å². The van der Waals surface area contributed by atoms with Gasteiger partial charge in [-0.2, -0.15) is 0 Å². The highest BCUT2D eigenvalue weighted by atomic mass is 35.5. The number of amides is 2. The lowest BCUT2D eigenvalue weighted by atomic mass is 10.1. The minimum absolute atomic E-state index is 0.0202. The van der Waals surface area contributed by atoms with E-state index in [0.717, 1.165) is 54.3 Å². The van der Waals surface area contributed by atoms with Gasteiger partial charge >= 0.3 is 0 Å². The molecule has 0 saturated heterocycles. The van der Waals surface area contributed by atoms with Crippen LogP contribution in [-0.2, 0) is 26.2 Å². The molecule has 0 heterocycles. The minimum atomic E-state index is -4.35. The van der Waals surface area contributed by atoms with E-state index in [0.29, 0.717) is 28.0 Å². The fourth-order valence-electron chi connectivity index (χ4n) is 5.26. The lowest BCUT2D eigenvalue weighted by molar-refractivity contribution is -0.140. The normalized spacial score (nSPS) is 14.2. The van der Waals surface area contributed by atoms with Gasteiger partial charge in [0.05, 0.1) is 17.2 Å². The highest BCUT2D eigenvalue weighted by Crippen LogP contribution is 2.28. The smallest absolute Gasteiger partial charge is 0.264 e. The number of ether oxygens (including phenoxy) is 1. The molecule has 1 fully saturated rings. The summed E-state index contributed by atoms with van der Waals surface area (Å²) >= 11 is 12.6. The Labute approximate surface area is 268 Å². The molecule has 0 spiro atoms. The summed E-state index contributed by atoms with van der Waals surface area (Å²) in [7, 11) is -4.35. The lowest BCUT2D eigenvalue weighted by Gasteiger charge is -2.34. The molecule has 0 aromatic heterocycles. The standard InChI is InChI=1S/C32H36Cl2FN3O5S/c1-3-30(32(40)36-25-7-5-6-8-25)37(20-22-9-10-23(33)19-29(22)34)31(39)21-38(26-13-15-27(16-14-26)43-4-2)44(41,42)28-17-11-24(35)12-18-28/h9-19,25,30H,3-8,20-21H2,1-2H3,(H,36,40)/t30-/m1/s1. The van der Waals surface area contributed by atoms with E-state index in [1.54, 1.807) is 37.3 Å². The number of sulfonamides is 1. The summed E-state index contributed by atoms with van der Waals surface area (Å²) < 4.78 is 48.1. The third kappa shape index (κ3) is 8.22. The Morgan fingerprint density at radius 1 is 1.00 bits per heavy atom. The van der Waals surface area contributed by atoms with Gasteiger partial charge in [-0.05, 0) is 92.4 Å². The molecule has 0 radical (unpaired) electrons. The zero-order chi connectivity index (χ0) is 31.9. The molecule has 1 aliphatic carbocycles. The van der Waals surface area contributed by atoms with Gasteiger partial charge < -0.3 is 15.0 Å². The zero-order valence-corrected chi connectivity index (χ0v) is 27.0. The molecular formula is C32H36Cl2FN3O5S. The minimum Gasteiger partial charge on any atom is -0.494 e. The highest BCUT2D eigenvalue weighted by molar-refractivity contribution is 7.92. The van der Waals surface area contributed by atoms with Crippen LogP contribution in [-0.4, -0.2) is 50.4 Å². The Hall–Kier alpha value is -3.34. The van der Waals surface area contributed by atoms with E-state index < -0.39 is 34.3 Å². The molecule has 0 bridgehead atoms. The average molecular weight is 665 g/mol. The van der Waals surface area contributed by atoms with Gasteiger partial charge in [-0.1, -0.05) is 49.0 Å². The van der Waals surface area contributed by atoms with E-state index in [2.05, 4.69) is 5.32 Å². The van der Waals surface area contributed by atoms with Crippen molar-refractivity contribution >= 4 is 50.7 Å². The summed E-state index contributed by atoms with van der Waals surface area (Å²) in [5, 5.41) is 3.79. The first-order valence-corrected chi connectivity index (χ1v) is 16.8. The van der Waals surface area contributed by atoms with Gasteiger partial charge in [-0.3, -0.25) is 13.9 Å². The monoisotopic (exact) mass is 663 g/mol. The highest BCUT2D eigenvalue weighted by Gasteiger charge is 2.35. The molecule has 1 N–H and O–H groups in total. The second-order valence-electron chi connectivity index (χ2n) is 10.6. The predicted octanol–water partition coefficient (Wildman–Crippen LogP) is 6.59. The number of hydrogen-bond acceptors (Lipinski definition) is 5. The molecule has 0 aliphatic heterocycles. The van der Waals surface area contributed by atoms with Crippen molar-refractivity contribution in [1.82, 2.24) is 10.2 Å². The number of anilines is 1. The van der Waals surface area contributed by atoms with Crippen LogP contribution >= 0.6 is 23.2 Å². The van der Waals surface area contributed by atoms with Crippen molar-refractivity contribution in [3.05, 3.63) is 88.2 Å². The van der Waals surface area contributed by atoms with Gasteiger partial charge in [-0.15, -0.1) is 0 Å². The van der Waals surface area contributed by atoms with Crippen LogP contribution in [0, 0.1) is 5.82 Å². The van der Waals surface area contributed by atoms with Crippen LogP contribution in [0.2, 0.25) is 10.0 Å².